The van der Waals surface area contributed by atoms with Gasteiger partial charge < -0.3 is 0 Å². The van der Waals surface area contributed by atoms with Gasteiger partial charge >= 0.3 is 0 Å². The Balaban J connectivity index is 0.000000336. The highest BCUT2D eigenvalue weighted by Crippen LogP contribution is 2.67. The van der Waals surface area contributed by atoms with Gasteiger partial charge in [-0.3, -0.25) is 0 Å². The van der Waals surface area contributed by atoms with E-state index in [2.05, 4.69) is 13.8 Å². The van der Waals surface area contributed by atoms with Crippen LogP contribution in [0.25, 0.3) is 0 Å². The van der Waals surface area contributed by atoms with E-state index < -0.39 is 0 Å². The first-order valence-electron chi connectivity index (χ1n) is 5.37. The minimum atomic E-state index is 0.256. The van der Waals surface area contributed by atoms with Crippen LogP contribution < -0.4 is 0 Å². The van der Waals surface area contributed by atoms with E-state index >= 15 is 0 Å². The summed E-state index contributed by atoms with van der Waals surface area (Å²) in [5.41, 5.74) is 0. The van der Waals surface area contributed by atoms with Gasteiger partial charge in [0, 0.05) is 0 Å². The van der Waals surface area contributed by atoms with Crippen LogP contribution in [0.2, 0.25) is 0 Å². The van der Waals surface area contributed by atoms with Gasteiger partial charge in [0.2, 0.25) is 0 Å². The molecule has 0 heterocycles. The molecule has 2 aliphatic carbocycles. The Morgan fingerprint density at radius 3 is 2.00 bits per heavy atom. The smallest absolute Gasteiger partial charge is 0.0507 e. The first-order valence-corrected chi connectivity index (χ1v) is 5.75. The monoisotopic (exact) mass is 188 g/mol. The second kappa shape index (κ2) is 3.57. The summed E-state index contributed by atoms with van der Waals surface area (Å²) in [6.45, 7) is 8.56. The molecule has 0 aromatic rings. The lowest BCUT2D eigenvalue weighted by molar-refractivity contribution is 0.481. The lowest BCUT2D eigenvalue weighted by Gasteiger charge is -2.12. The molecule has 0 bridgehead atoms. The Morgan fingerprint density at radius 1 is 1.25 bits per heavy atom. The number of hydrogen-bond donors (Lipinski definition) is 0. The normalized spacial score (nSPS) is 49.2. The fraction of sp³-hybridized carbons (Fsp3) is 1.00. The molecule has 0 amide bonds. The molecule has 2 unspecified atom stereocenters. The molecule has 0 aromatic carbocycles. The van der Waals surface area contributed by atoms with E-state index in [-0.39, 0.29) is 4.87 Å². The van der Waals surface area contributed by atoms with Crippen LogP contribution in [0.1, 0.15) is 47.0 Å². The van der Waals surface area contributed by atoms with Gasteiger partial charge in [-0.05, 0) is 37.0 Å². The lowest BCUT2D eigenvalue weighted by atomic mass is 10.0. The average molecular weight is 189 g/mol. The summed E-state index contributed by atoms with van der Waals surface area (Å²) in [7, 11) is 0. The summed E-state index contributed by atoms with van der Waals surface area (Å²) in [4.78, 5) is 0.256. The van der Waals surface area contributed by atoms with E-state index in [0.29, 0.717) is 0 Å². The summed E-state index contributed by atoms with van der Waals surface area (Å²) in [6, 6.07) is 0. The first kappa shape index (κ1) is 10.4. The molecule has 0 spiro atoms. The third-order valence-electron chi connectivity index (χ3n) is 3.46. The van der Waals surface area contributed by atoms with Gasteiger partial charge in [0.05, 0.1) is 4.87 Å². The molecule has 2 fully saturated rings. The maximum atomic E-state index is 6.36. The quantitative estimate of drug-likeness (QED) is 0.545. The number of fused-ring (bicyclic) bond motifs is 1. The van der Waals surface area contributed by atoms with Gasteiger partial charge in [0.15, 0.2) is 0 Å². The molecule has 0 radical (unpaired) electrons. The van der Waals surface area contributed by atoms with Gasteiger partial charge in [-0.2, -0.15) is 0 Å². The zero-order valence-electron chi connectivity index (χ0n) is 8.73. The molecule has 0 aliphatic heterocycles. The van der Waals surface area contributed by atoms with Gasteiger partial charge in [-0.1, -0.05) is 27.7 Å². The molecule has 2 aliphatic rings. The highest BCUT2D eigenvalue weighted by molar-refractivity contribution is 6.26. The third kappa shape index (κ3) is 1.39. The number of alkyl halides is 1. The van der Waals surface area contributed by atoms with E-state index in [1.165, 1.54) is 19.3 Å². The van der Waals surface area contributed by atoms with Crippen molar-refractivity contribution >= 4 is 11.6 Å². The van der Waals surface area contributed by atoms with Crippen LogP contribution in [0.3, 0.4) is 0 Å². The predicted molar refractivity (Wildman–Crippen MR) is 55.6 cm³/mol. The third-order valence-corrected chi connectivity index (χ3v) is 4.29. The highest BCUT2D eigenvalue weighted by atomic mass is 35.5. The Kier molecular flexibility index (Phi) is 3.09. The van der Waals surface area contributed by atoms with E-state index in [1.807, 2.05) is 13.8 Å². The first-order chi connectivity index (χ1) is 5.68. The number of hydrogen-bond acceptors (Lipinski definition) is 0. The van der Waals surface area contributed by atoms with Crippen molar-refractivity contribution in [3.8, 4) is 0 Å². The largest absolute Gasteiger partial charge is 0.119 e. The number of halogens is 1. The molecule has 12 heavy (non-hydrogen) atoms. The highest BCUT2D eigenvalue weighted by Gasteiger charge is 2.65. The zero-order chi connectivity index (χ0) is 9.35. The van der Waals surface area contributed by atoms with Crippen molar-refractivity contribution in [1.29, 1.82) is 0 Å². The zero-order valence-corrected chi connectivity index (χ0v) is 9.49. The molecular formula is C11H21Cl. The van der Waals surface area contributed by atoms with Crippen molar-refractivity contribution in [2.45, 2.75) is 51.8 Å². The van der Waals surface area contributed by atoms with Gasteiger partial charge in [-0.25, -0.2) is 0 Å². The van der Waals surface area contributed by atoms with Crippen LogP contribution in [0.5, 0.6) is 0 Å². The second-order valence-electron chi connectivity index (χ2n) is 4.07. The molecular weight excluding hydrogens is 168 g/mol. The minimum absolute atomic E-state index is 0.256. The van der Waals surface area contributed by atoms with Crippen molar-refractivity contribution in [2.24, 2.45) is 17.8 Å². The fourth-order valence-electron chi connectivity index (χ4n) is 2.77. The van der Waals surface area contributed by atoms with Crippen LogP contribution in [0.4, 0.5) is 0 Å². The van der Waals surface area contributed by atoms with Crippen molar-refractivity contribution in [2.75, 3.05) is 0 Å². The molecule has 0 aromatic heterocycles. The molecule has 1 heteroatoms. The van der Waals surface area contributed by atoms with Crippen molar-refractivity contribution in [1.82, 2.24) is 0 Å². The Bertz CT molecular complexity index is 141. The molecule has 0 N–H and O–H groups in total. The summed E-state index contributed by atoms with van der Waals surface area (Å²) in [6.07, 6.45) is 3.96. The summed E-state index contributed by atoms with van der Waals surface area (Å²) in [5.74, 6) is 2.72. The summed E-state index contributed by atoms with van der Waals surface area (Å²) < 4.78 is 0. The SMILES string of the molecule is CC.CCC1(Cl)C2CC(C)CC21. The van der Waals surface area contributed by atoms with Gasteiger partial charge in [0.1, 0.15) is 0 Å². The maximum absolute atomic E-state index is 6.36. The van der Waals surface area contributed by atoms with Crippen molar-refractivity contribution < 1.29 is 0 Å². The summed E-state index contributed by atoms with van der Waals surface area (Å²) >= 11 is 6.36. The van der Waals surface area contributed by atoms with Crippen LogP contribution in [-0.4, -0.2) is 4.87 Å². The molecule has 0 saturated heterocycles. The fourth-order valence-corrected chi connectivity index (χ4v) is 3.19. The van der Waals surface area contributed by atoms with Crippen LogP contribution >= 0.6 is 11.6 Å². The van der Waals surface area contributed by atoms with Crippen LogP contribution in [0.15, 0.2) is 0 Å². The molecule has 72 valence electrons. The van der Waals surface area contributed by atoms with Crippen molar-refractivity contribution in [3.05, 3.63) is 0 Å². The van der Waals surface area contributed by atoms with Gasteiger partial charge in [-0.15, -0.1) is 11.6 Å². The Labute approximate surface area is 81.7 Å². The predicted octanol–water partition coefficient (Wildman–Crippen LogP) is 4.08. The standard InChI is InChI=1S/C9H15Cl.C2H6/c1-3-9(10)7-4-6(2)5-8(7)9;1-2/h6-8H,3-5H2,1-2H3;1-2H3. The Morgan fingerprint density at radius 2 is 1.67 bits per heavy atom. The average Bonchev–Trinajstić information content (AvgIpc) is 2.51. The van der Waals surface area contributed by atoms with E-state index in [1.54, 1.807) is 0 Å². The molecule has 0 nitrogen and oxygen atoms in total. The number of rotatable bonds is 1. The van der Waals surface area contributed by atoms with Crippen LogP contribution in [0, 0.1) is 17.8 Å². The van der Waals surface area contributed by atoms with Crippen molar-refractivity contribution in [3.63, 3.8) is 0 Å². The molecule has 2 rings (SSSR count). The minimum Gasteiger partial charge on any atom is -0.119 e. The van der Waals surface area contributed by atoms with E-state index in [0.717, 1.165) is 17.8 Å². The van der Waals surface area contributed by atoms with E-state index in [4.69, 9.17) is 11.6 Å². The Hall–Kier alpha value is 0.290. The maximum Gasteiger partial charge on any atom is 0.0507 e. The summed E-state index contributed by atoms with van der Waals surface area (Å²) in [5, 5.41) is 0. The molecule has 2 atom stereocenters. The lowest BCUT2D eigenvalue weighted by Crippen LogP contribution is -2.08. The second-order valence-corrected chi connectivity index (χ2v) is 4.77. The topological polar surface area (TPSA) is 0 Å². The van der Waals surface area contributed by atoms with Gasteiger partial charge in [0.25, 0.3) is 0 Å². The molecule has 2 saturated carbocycles. The van der Waals surface area contributed by atoms with Crippen LogP contribution in [-0.2, 0) is 0 Å². The van der Waals surface area contributed by atoms with E-state index in [9.17, 15) is 0 Å².